The Kier molecular flexibility index (Phi) is 3.34. The minimum absolute atomic E-state index is 0.0834. The maximum atomic E-state index is 9.47. The van der Waals surface area contributed by atoms with Crippen molar-refractivity contribution in [2.45, 2.75) is 45.3 Å². The Hall–Kier alpha value is -0.0800. The molecule has 1 fully saturated rings. The van der Waals surface area contributed by atoms with E-state index in [9.17, 15) is 5.11 Å². The summed E-state index contributed by atoms with van der Waals surface area (Å²) >= 11 is 0. The summed E-state index contributed by atoms with van der Waals surface area (Å²) in [4.78, 5) is 2.31. The Bertz CT molecular complexity index is 116. The van der Waals surface area contributed by atoms with Crippen molar-refractivity contribution < 1.29 is 5.11 Å². The van der Waals surface area contributed by atoms with Crippen molar-refractivity contribution in [3.05, 3.63) is 0 Å². The van der Waals surface area contributed by atoms with E-state index in [1.165, 1.54) is 13.0 Å². The van der Waals surface area contributed by atoms with E-state index in [-0.39, 0.29) is 6.10 Å². The van der Waals surface area contributed by atoms with Gasteiger partial charge in [-0.05, 0) is 13.3 Å². The van der Waals surface area contributed by atoms with Gasteiger partial charge in [0.1, 0.15) is 0 Å². The van der Waals surface area contributed by atoms with Crippen LogP contribution in [-0.4, -0.2) is 35.2 Å². The van der Waals surface area contributed by atoms with Crippen molar-refractivity contribution in [3.63, 3.8) is 0 Å². The van der Waals surface area contributed by atoms with Crippen LogP contribution >= 0.6 is 0 Å². The summed E-state index contributed by atoms with van der Waals surface area (Å²) in [5, 5.41) is 9.47. The van der Waals surface area contributed by atoms with Crippen molar-refractivity contribution in [1.82, 2.24) is 4.90 Å². The van der Waals surface area contributed by atoms with Gasteiger partial charge < -0.3 is 5.11 Å². The van der Waals surface area contributed by atoms with E-state index < -0.39 is 0 Å². The van der Waals surface area contributed by atoms with Crippen molar-refractivity contribution in [2.24, 2.45) is 0 Å². The lowest BCUT2D eigenvalue weighted by molar-refractivity contribution is 0.139. The van der Waals surface area contributed by atoms with Gasteiger partial charge in [0.25, 0.3) is 0 Å². The average Bonchev–Trinajstić information content (AvgIpc) is 2.62. The highest BCUT2D eigenvalue weighted by Gasteiger charge is 2.29. The summed E-state index contributed by atoms with van der Waals surface area (Å²) in [6.07, 6.45) is 3.23. The summed E-state index contributed by atoms with van der Waals surface area (Å²) in [5.74, 6) is 0. The molecule has 0 bridgehead atoms. The van der Waals surface area contributed by atoms with Gasteiger partial charge in [-0.2, -0.15) is 0 Å². The zero-order chi connectivity index (χ0) is 8.27. The molecule has 11 heavy (non-hydrogen) atoms. The first-order chi connectivity index (χ1) is 5.24. The molecule has 0 radical (unpaired) electrons. The molecule has 0 saturated carbocycles. The van der Waals surface area contributed by atoms with Crippen LogP contribution in [0.1, 0.15) is 33.1 Å². The second-order valence-corrected chi connectivity index (χ2v) is 3.60. The van der Waals surface area contributed by atoms with Gasteiger partial charge in [-0.25, -0.2) is 0 Å². The molecule has 0 aromatic heterocycles. The van der Waals surface area contributed by atoms with E-state index in [1.807, 2.05) is 0 Å². The Morgan fingerprint density at radius 2 is 2.27 bits per heavy atom. The highest BCUT2D eigenvalue weighted by Crippen LogP contribution is 2.17. The van der Waals surface area contributed by atoms with Gasteiger partial charge in [-0.3, -0.25) is 4.90 Å². The summed E-state index contributed by atoms with van der Waals surface area (Å²) < 4.78 is 0. The first-order valence-corrected chi connectivity index (χ1v) is 4.66. The number of aliphatic hydroxyl groups excluding tert-OH is 1. The fourth-order valence-electron chi connectivity index (χ4n) is 1.35. The largest absolute Gasteiger partial charge is 0.392 e. The molecule has 0 spiro atoms. The lowest BCUT2D eigenvalue weighted by Crippen LogP contribution is -2.19. The molecule has 1 saturated heterocycles. The predicted octanol–water partition coefficient (Wildman–Crippen LogP) is 1.24. The monoisotopic (exact) mass is 157 g/mol. The zero-order valence-corrected chi connectivity index (χ0v) is 7.58. The van der Waals surface area contributed by atoms with Crippen molar-refractivity contribution in [3.8, 4) is 0 Å². The summed E-state index contributed by atoms with van der Waals surface area (Å²) in [6, 6.07) is 0.728. The van der Waals surface area contributed by atoms with E-state index in [0.717, 1.165) is 25.4 Å². The minimum atomic E-state index is -0.0834. The molecular weight excluding hydrogens is 138 g/mol. The third-order valence-corrected chi connectivity index (χ3v) is 2.32. The Labute approximate surface area is 69.2 Å². The quantitative estimate of drug-likeness (QED) is 0.607. The van der Waals surface area contributed by atoms with Gasteiger partial charge in [0.2, 0.25) is 0 Å². The number of hydrogen-bond donors (Lipinski definition) is 1. The summed E-state index contributed by atoms with van der Waals surface area (Å²) in [5.41, 5.74) is 0. The van der Waals surface area contributed by atoms with Crippen LogP contribution < -0.4 is 0 Å². The van der Waals surface area contributed by atoms with E-state index in [2.05, 4.69) is 18.7 Å². The number of rotatable bonds is 5. The van der Waals surface area contributed by atoms with E-state index in [4.69, 9.17) is 0 Å². The second kappa shape index (κ2) is 4.07. The standard InChI is InChI=1S/C9H19NO/c1-3-4-5-9(11)7-10-6-8(10)2/h8-9,11H,3-7H2,1-2H3. The van der Waals surface area contributed by atoms with Crippen LogP contribution in [0.2, 0.25) is 0 Å². The molecule has 3 atom stereocenters. The van der Waals surface area contributed by atoms with E-state index >= 15 is 0 Å². The normalized spacial score (nSPS) is 31.9. The Morgan fingerprint density at radius 1 is 1.64 bits per heavy atom. The molecule has 1 heterocycles. The van der Waals surface area contributed by atoms with Gasteiger partial charge in [-0.15, -0.1) is 0 Å². The highest BCUT2D eigenvalue weighted by atomic mass is 16.3. The van der Waals surface area contributed by atoms with Gasteiger partial charge in [0.15, 0.2) is 0 Å². The third-order valence-electron chi connectivity index (χ3n) is 2.32. The summed E-state index contributed by atoms with van der Waals surface area (Å²) in [6.45, 7) is 6.43. The number of hydrogen-bond acceptors (Lipinski definition) is 2. The first kappa shape index (κ1) is 9.01. The Morgan fingerprint density at radius 3 is 2.73 bits per heavy atom. The molecule has 66 valence electrons. The fourth-order valence-corrected chi connectivity index (χ4v) is 1.35. The lowest BCUT2D eigenvalue weighted by Gasteiger charge is -2.09. The smallest absolute Gasteiger partial charge is 0.0667 e. The molecule has 1 rings (SSSR count). The number of nitrogens with zero attached hydrogens (tertiary/aromatic N) is 1. The third kappa shape index (κ3) is 3.21. The van der Waals surface area contributed by atoms with Crippen molar-refractivity contribution in [1.29, 1.82) is 0 Å². The maximum Gasteiger partial charge on any atom is 0.0667 e. The van der Waals surface area contributed by atoms with Crippen molar-refractivity contribution in [2.75, 3.05) is 13.1 Å². The molecule has 2 heteroatoms. The van der Waals surface area contributed by atoms with Crippen LogP contribution in [0, 0.1) is 0 Å². The van der Waals surface area contributed by atoms with Crippen LogP contribution in [0.25, 0.3) is 0 Å². The first-order valence-electron chi connectivity index (χ1n) is 4.66. The lowest BCUT2D eigenvalue weighted by atomic mass is 10.1. The molecule has 0 aromatic carbocycles. The molecule has 0 amide bonds. The van der Waals surface area contributed by atoms with Crippen LogP contribution in [0.15, 0.2) is 0 Å². The molecule has 0 aromatic rings. The van der Waals surface area contributed by atoms with E-state index in [0.29, 0.717) is 0 Å². The molecule has 3 unspecified atom stereocenters. The van der Waals surface area contributed by atoms with Gasteiger partial charge in [-0.1, -0.05) is 19.8 Å². The molecule has 1 aliphatic rings. The topological polar surface area (TPSA) is 23.2 Å². The van der Waals surface area contributed by atoms with Crippen LogP contribution in [0.3, 0.4) is 0 Å². The van der Waals surface area contributed by atoms with Gasteiger partial charge in [0.05, 0.1) is 6.10 Å². The SMILES string of the molecule is CCCCC(O)CN1CC1C. The molecule has 0 aliphatic carbocycles. The van der Waals surface area contributed by atoms with E-state index in [1.54, 1.807) is 0 Å². The van der Waals surface area contributed by atoms with Crippen LogP contribution in [0.4, 0.5) is 0 Å². The Balaban J connectivity index is 1.97. The van der Waals surface area contributed by atoms with Gasteiger partial charge >= 0.3 is 0 Å². The number of β-amino-alcohol motifs (C(OH)–C–C–N with tert-alkyl or cyclic N) is 1. The summed E-state index contributed by atoms with van der Waals surface area (Å²) in [7, 11) is 0. The zero-order valence-electron chi connectivity index (χ0n) is 7.58. The van der Waals surface area contributed by atoms with Crippen LogP contribution in [0.5, 0.6) is 0 Å². The molecular formula is C9H19NO. The minimum Gasteiger partial charge on any atom is -0.392 e. The average molecular weight is 157 g/mol. The number of aliphatic hydroxyl groups is 1. The molecule has 1 aliphatic heterocycles. The second-order valence-electron chi connectivity index (χ2n) is 3.60. The highest BCUT2D eigenvalue weighted by molar-refractivity contribution is 4.86. The predicted molar refractivity (Wildman–Crippen MR) is 46.6 cm³/mol. The molecule has 1 N–H and O–H groups in total. The van der Waals surface area contributed by atoms with Crippen molar-refractivity contribution >= 4 is 0 Å². The fraction of sp³-hybridized carbons (Fsp3) is 1.00. The van der Waals surface area contributed by atoms with Crippen LogP contribution in [-0.2, 0) is 0 Å². The maximum absolute atomic E-state index is 9.47. The van der Waals surface area contributed by atoms with Gasteiger partial charge in [0, 0.05) is 19.1 Å². The number of unbranched alkanes of at least 4 members (excludes halogenated alkanes) is 1. The molecule has 2 nitrogen and oxygen atoms in total.